The van der Waals surface area contributed by atoms with Gasteiger partial charge in [-0.2, -0.15) is 0 Å². The molecule has 0 atom stereocenters. The van der Waals surface area contributed by atoms with Gasteiger partial charge in [0.1, 0.15) is 0 Å². The second-order valence-corrected chi connectivity index (χ2v) is 7.07. The Morgan fingerprint density at radius 1 is 1.12 bits per heavy atom. The van der Waals surface area contributed by atoms with Gasteiger partial charge in [0.15, 0.2) is 5.17 Å². The van der Waals surface area contributed by atoms with Gasteiger partial charge in [-0.3, -0.25) is 19.8 Å². The molecule has 0 unspecified atom stereocenters. The van der Waals surface area contributed by atoms with Crippen LogP contribution in [0.2, 0.25) is 0 Å². The molecule has 0 aliphatic carbocycles. The highest BCUT2D eigenvalue weighted by atomic mass is 32.2. The molecule has 1 aliphatic heterocycles. The Hall–Kier alpha value is -2.32. The van der Waals surface area contributed by atoms with E-state index < -0.39 is 4.92 Å². The molecule has 1 amide bonds. The summed E-state index contributed by atoms with van der Waals surface area (Å²) in [6.07, 6.45) is 0. The number of hydrogen-bond acceptors (Lipinski definition) is 6. The minimum atomic E-state index is -0.412. The summed E-state index contributed by atoms with van der Waals surface area (Å²) in [6, 6.07) is 14.1. The van der Waals surface area contributed by atoms with Gasteiger partial charge in [0.05, 0.1) is 16.4 Å². The molecule has 3 rings (SSSR count). The fourth-order valence-electron chi connectivity index (χ4n) is 2.01. The molecule has 0 radical (unpaired) electrons. The molecule has 6 nitrogen and oxygen atoms in total. The number of thioether (sulfide) groups is 1. The van der Waals surface area contributed by atoms with Crippen molar-refractivity contribution < 1.29 is 9.72 Å². The van der Waals surface area contributed by atoms with Gasteiger partial charge in [0.25, 0.3) is 5.69 Å². The second kappa shape index (κ2) is 7.06. The van der Waals surface area contributed by atoms with E-state index in [-0.39, 0.29) is 11.6 Å². The number of non-ortho nitro benzene ring substituents is 1. The van der Waals surface area contributed by atoms with E-state index in [1.807, 2.05) is 24.3 Å². The number of nitro groups is 1. The highest BCUT2D eigenvalue weighted by molar-refractivity contribution is 8.15. The van der Waals surface area contributed by atoms with E-state index in [4.69, 9.17) is 0 Å². The summed E-state index contributed by atoms with van der Waals surface area (Å²) >= 11 is 2.95. The minimum Gasteiger partial charge on any atom is -0.294 e. The molecule has 1 fully saturated rings. The number of hydrogen-bond donors (Lipinski definition) is 0. The predicted molar refractivity (Wildman–Crippen MR) is 96.0 cm³/mol. The first-order chi connectivity index (χ1) is 11.5. The summed E-state index contributed by atoms with van der Waals surface area (Å²) in [7, 11) is 1.72. The van der Waals surface area contributed by atoms with Crippen LogP contribution in [0.25, 0.3) is 0 Å². The van der Waals surface area contributed by atoms with Crippen LogP contribution in [-0.4, -0.2) is 33.7 Å². The molecule has 0 bridgehead atoms. The van der Waals surface area contributed by atoms with Crippen LogP contribution >= 0.6 is 23.5 Å². The Morgan fingerprint density at radius 2 is 1.71 bits per heavy atom. The standard InChI is InChI=1S/C16H13N3O3S2/c1-18-15(20)10-23-16(18)17-11-2-6-13(7-3-11)24-14-8-4-12(5-9-14)19(21)22/h2-9H,10H2,1H3. The number of nitro benzene ring substituents is 1. The van der Waals surface area contributed by atoms with Gasteiger partial charge in [0, 0.05) is 29.0 Å². The number of carbonyl (C=O) groups excluding carboxylic acids is 1. The zero-order chi connectivity index (χ0) is 17.1. The van der Waals surface area contributed by atoms with Gasteiger partial charge >= 0.3 is 0 Å². The van der Waals surface area contributed by atoms with Crippen LogP contribution < -0.4 is 0 Å². The third-order valence-electron chi connectivity index (χ3n) is 3.33. The molecule has 2 aromatic carbocycles. The van der Waals surface area contributed by atoms with Crippen LogP contribution in [0.1, 0.15) is 0 Å². The minimum absolute atomic E-state index is 0.0593. The SMILES string of the molecule is CN1C(=O)CSC1=Nc1ccc(Sc2ccc([N+](=O)[O-])cc2)cc1. The van der Waals surface area contributed by atoms with Crippen LogP contribution in [0.4, 0.5) is 11.4 Å². The Balaban J connectivity index is 1.69. The zero-order valence-corrected chi connectivity index (χ0v) is 14.3. The number of nitrogens with zero attached hydrogens (tertiary/aromatic N) is 3. The number of carbonyl (C=O) groups is 1. The zero-order valence-electron chi connectivity index (χ0n) is 12.7. The molecular weight excluding hydrogens is 346 g/mol. The lowest BCUT2D eigenvalue weighted by Crippen LogP contribution is -2.24. The molecule has 1 heterocycles. The molecule has 2 aromatic rings. The van der Waals surface area contributed by atoms with Crippen molar-refractivity contribution in [2.75, 3.05) is 12.8 Å². The molecular formula is C16H13N3O3S2. The number of aliphatic imine (C=N–C) groups is 1. The smallest absolute Gasteiger partial charge is 0.269 e. The van der Waals surface area contributed by atoms with Crippen LogP contribution in [0.3, 0.4) is 0 Å². The molecule has 0 aromatic heterocycles. The Labute approximate surface area is 147 Å². The van der Waals surface area contributed by atoms with Crippen molar-refractivity contribution in [1.29, 1.82) is 0 Å². The molecule has 1 saturated heterocycles. The van der Waals surface area contributed by atoms with Crippen molar-refractivity contribution in [3.05, 3.63) is 58.6 Å². The molecule has 0 spiro atoms. The average Bonchev–Trinajstić information content (AvgIpc) is 2.89. The van der Waals surface area contributed by atoms with Gasteiger partial charge < -0.3 is 0 Å². The molecule has 122 valence electrons. The summed E-state index contributed by atoms with van der Waals surface area (Å²) in [6.45, 7) is 0. The Morgan fingerprint density at radius 3 is 2.21 bits per heavy atom. The van der Waals surface area contributed by atoms with Crippen LogP contribution in [-0.2, 0) is 4.79 Å². The number of amides is 1. The molecule has 24 heavy (non-hydrogen) atoms. The van der Waals surface area contributed by atoms with E-state index in [1.165, 1.54) is 35.7 Å². The van der Waals surface area contributed by atoms with E-state index in [2.05, 4.69) is 4.99 Å². The second-order valence-electron chi connectivity index (χ2n) is 4.98. The molecule has 0 saturated carbocycles. The Bertz CT molecular complexity index is 804. The highest BCUT2D eigenvalue weighted by Crippen LogP contribution is 2.31. The number of benzene rings is 2. The maximum absolute atomic E-state index is 11.5. The summed E-state index contributed by atoms with van der Waals surface area (Å²) in [5, 5.41) is 11.4. The monoisotopic (exact) mass is 359 g/mol. The predicted octanol–water partition coefficient (Wildman–Crippen LogP) is 3.94. The van der Waals surface area contributed by atoms with Crippen molar-refractivity contribution in [2.24, 2.45) is 4.99 Å². The summed E-state index contributed by atoms with van der Waals surface area (Å²) < 4.78 is 0. The molecule has 0 N–H and O–H groups in total. The quantitative estimate of drug-likeness (QED) is 0.610. The van der Waals surface area contributed by atoms with Crippen LogP contribution in [0, 0.1) is 10.1 Å². The average molecular weight is 359 g/mol. The fourth-order valence-corrected chi connectivity index (χ4v) is 3.73. The van der Waals surface area contributed by atoms with E-state index in [1.54, 1.807) is 24.1 Å². The summed E-state index contributed by atoms with van der Waals surface area (Å²) in [4.78, 5) is 29.7. The van der Waals surface area contributed by atoms with Crippen molar-refractivity contribution in [2.45, 2.75) is 9.79 Å². The first-order valence-corrected chi connectivity index (χ1v) is 8.83. The van der Waals surface area contributed by atoms with Gasteiger partial charge in [-0.15, -0.1) is 0 Å². The molecule has 8 heteroatoms. The van der Waals surface area contributed by atoms with Crippen molar-refractivity contribution in [3.8, 4) is 0 Å². The van der Waals surface area contributed by atoms with Crippen molar-refractivity contribution in [3.63, 3.8) is 0 Å². The highest BCUT2D eigenvalue weighted by Gasteiger charge is 2.24. The van der Waals surface area contributed by atoms with Gasteiger partial charge in [0.2, 0.25) is 5.91 Å². The fraction of sp³-hybridized carbons (Fsp3) is 0.125. The van der Waals surface area contributed by atoms with Crippen LogP contribution in [0.5, 0.6) is 0 Å². The van der Waals surface area contributed by atoms with E-state index in [0.717, 1.165) is 15.5 Å². The van der Waals surface area contributed by atoms with Crippen molar-refractivity contribution >= 4 is 46.0 Å². The van der Waals surface area contributed by atoms with Gasteiger partial charge in [-0.05, 0) is 36.4 Å². The maximum Gasteiger partial charge on any atom is 0.269 e. The lowest BCUT2D eigenvalue weighted by molar-refractivity contribution is -0.384. The third-order valence-corrected chi connectivity index (χ3v) is 5.36. The first kappa shape index (κ1) is 16.5. The Kier molecular flexibility index (Phi) is 4.86. The largest absolute Gasteiger partial charge is 0.294 e. The molecule has 1 aliphatic rings. The maximum atomic E-state index is 11.5. The van der Waals surface area contributed by atoms with Crippen molar-refractivity contribution in [1.82, 2.24) is 4.90 Å². The van der Waals surface area contributed by atoms with Crippen LogP contribution in [0.15, 0.2) is 63.3 Å². The van der Waals surface area contributed by atoms with E-state index in [0.29, 0.717) is 10.9 Å². The lowest BCUT2D eigenvalue weighted by Gasteiger charge is -2.08. The third kappa shape index (κ3) is 3.77. The topological polar surface area (TPSA) is 75.8 Å². The van der Waals surface area contributed by atoms with E-state index >= 15 is 0 Å². The normalized spacial score (nSPS) is 16.0. The summed E-state index contributed by atoms with van der Waals surface area (Å²) in [5.41, 5.74) is 0.866. The summed E-state index contributed by atoms with van der Waals surface area (Å²) in [5.74, 6) is 0.493. The van der Waals surface area contributed by atoms with E-state index in [9.17, 15) is 14.9 Å². The van der Waals surface area contributed by atoms with Gasteiger partial charge in [-0.1, -0.05) is 23.5 Å². The van der Waals surface area contributed by atoms with Gasteiger partial charge in [-0.25, -0.2) is 4.99 Å². The number of amidine groups is 1. The number of rotatable bonds is 4. The first-order valence-electron chi connectivity index (χ1n) is 7.03. The lowest BCUT2D eigenvalue weighted by atomic mass is 10.3.